The van der Waals surface area contributed by atoms with Crippen LogP contribution in [-0.2, 0) is 26.1 Å². The number of nitrogens with zero attached hydrogens (tertiary/aromatic N) is 2. The molecule has 0 fully saturated rings. The third kappa shape index (κ3) is 2.81. The average Bonchev–Trinajstić information content (AvgIpc) is 2.49. The van der Waals surface area contributed by atoms with E-state index < -0.39 is 0 Å². The Labute approximate surface area is 118 Å². The first-order valence-corrected chi connectivity index (χ1v) is 6.89. The average molecular weight is 269 g/mol. The molecule has 1 aliphatic rings. The quantitative estimate of drug-likeness (QED) is 0.890. The Bertz CT molecular complexity index is 595. The molecule has 4 nitrogen and oxygen atoms in total. The molecule has 0 aliphatic carbocycles. The number of benzene rings is 1. The number of hydrogen-bond donors (Lipinski definition) is 2. The summed E-state index contributed by atoms with van der Waals surface area (Å²) in [5, 5.41) is 9.18. The topological polar surface area (TPSA) is 62.4 Å². The Balaban J connectivity index is 1.70. The zero-order valence-corrected chi connectivity index (χ0v) is 11.4. The molecule has 3 N–H and O–H groups in total. The number of aliphatic hydroxyl groups is 1. The maximum atomic E-state index is 9.18. The zero-order chi connectivity index (χ0) is 13.9. The summed E-state index contributed by atoms with van der Waals surface area (Å²) in [5.74, 6) is 0.564. The summed E-state index contributed by atoms with van der Waals surface area (Å²) in [6.07, 6.45) is 2.88. The van der Waals surface area contributed by atoms with Crippen LogP contribution < -0.4 is 5.73 Å². The van der Waals surface area contributed by atoms with Gasteiger partial charge >= 0.3 is 0 Å². The number of aromatic nitrogens is 1. The Kier molecular flexibility index (Phi) is 3.67. The number of aliphatic hydroxyl groups excluding tert-OH is 1. The van der Waals surface area contributed by atoms with Crippen LogP contribution in [0.5, 0.6) is 0 Å². The van der Waals surface area contributed by atoms with Crippen molar-refractivity contribution in [2.75, 3.05) is 12.3 Å². The van der Waals surface area contributed by atoms with Crippen molar-refractivity contribution >= 4 is 5.82 Å². The van der Waals surface area contributed by atoms with Gasteiger partial charge in [0, 0.05) is 25.8 Å². The van der Waals surface area contributed by atoms with E-state index in [0.29, 0.717) is 5.82 Å². The minimum absolute atomic E-state index is 0.119. The fourth-order valence-electron chi connectivity index (χ4n) is 2.69. The maximum Gasteiger partial charge on any atom is 0.123 e. The molecule has 104 valence electrons. The van der Waals surface area contributed by atoms with E-state index in [1.807, 2.05) is 24.4 Å². The van der Waals surface area contributed by atoms with Gasteiger partial charge in [0.15, 0.2) is 0 Å². The smallest absolute Gasteiger partial charge is 0.123 e. The zero-order valence-electron chi connectivity index (χ0n) is 11.4. The minimum Gasteiger partial charge on any atom is -0.392 e. The second kappa shape index (κ2) is 5.61. The Morgan fingerprint density at radius 2 is 2.00 bits per heavy atom. The molecular weight excluding hydrogens is 250 g/mol. The number of hydrogen-bond acceptors (Lipinski definition) is 4. The Morgan fingerprint density at radius 1 is 1.15 bits per heavy atom. The van der Waals surface area contributed by atoms with Crippen LogP contribution in [-0.4, -0.2) is 21.5 Å². The van der Waals surface area contributed by atoms with Crippen LogP contribution in [0, 0.1) is 0 Å². The normalized spacial score (nSPS) is 15.1. The van der Waals surface area contributed by atoms with E-state index in [2.05, 4.69) is 22.0 Å². The van der Waals surface area contributed by atoms with Gasteiger partial charge in [-0.25, -0.2) is 4.98 Å². The lowest BCUT2D eigenvalue weighted by molar-refractivity contribution is 0.244. The van der Waals surface area contributed by atoms with E-state index in [-0.39, 0.29) is 6.61 Å². The standard InChI is InChI=1S/C16H19N3O/c17-16-4-2-13(8-18-16)9-19-6-5-14-7-12(11-20)1-3-15(14)10-19/h1-4,7-8,20H,5-6,9-11H2,(H2,17,18). The predicted octanol–water partition coefficient (Wildman–Crippen LogP) is 1.71. The van der Waals surface area contributed by atoms with Crippen LogP contribution in [0.2, 0.25) is 0 Å². The fraction of sp³-hybridized carbons (Fsp3) is 0.312. The van der Waals surface area contributed by atoms with Gasteiger partial charge in [-0.1, -0.05) is 24.3 Å². The van der Waals surface area contributed by atoms with Crippen LogP contribution >= 0.6 is 0 Å². The monoisotopic (exact) mass is 269 g/mol. The van der Waals surface area contributed by atoms with Crippen molar-refractivity contribution in [2.24, 2.45) is 0 Å². The molecular formula is C16H19N3O. The molecule has 3 rings (SSSR count). The molecule has 1 aromatic carbocycles. The van der Waals surface area contributed by atoms with Crippen LogP contribution in [0.15, 0.2) is 36.5 Å². The van der Waals surface area contributed by atoms with E-state index in [1.54, 1.807) is 0 Å². The number of pyridine rings is 1. The molecule has 20 heavy (non-hydrogen) atoms. The highest BCUT2D eigenvalue weighted by Gasteiger charge is 2.16. The molecule has 0 amide bonds. The van der Waals surface area contributed by atoms with Gasteiger partial charge in [0.05, 0.1) is 6.61 Å². The van der Waals surface area contributed by atoms with Crippen molar-refractivity contribution in [1.29, 1.82) is 0 Å². The molecule has 0 unspecified atom stereocenters. The van der Waals surface area contributed by atoms with E-state index in [9.17, 15) is 5.11 Å². The van der Waals surface area contributed by atoms with Gasteiger partial charge in [0.25, 0.3) is 0 Å². The molecule has 2 heterocycles. The highest BCUT2D eigenvalue weighted by molar-refractivity contribution is 5.34. The van der Waals surface area contributed by atoms with E-state index in [1.165, 1.54) is 16.7 Å². The van der Waals surface area contributed by atoms with Crippen molar-refractivity contribution in [3.05, 3.63) is 58.8 Å². The van der Waals surface area contributed by atoms with E-state index in [4.69, 9.17) is 5.73 Å². The lowest BCUT2D eigenvalue weighted by Gasteiger charge is -2.29. The minimum atomic E-state index is 0.119. The maximum absolute atomic E-state index is 9.18. The van der Waals surface area contributed by atoms with Gasteiger partial charge in [-0.05, 0) is 34.7 Å². The third-order valence-corrected chi connectivity index (χ3v) is 3.80. The molecule has 0 radical (unpaired) electrons. The highest BCUT2D eigenvalue weighted by Crippen LogP contribution is 2.21. The third-order valence-electron chi connectivity index (χ3n) is 3.80. The van der Waals surface area contributed by atoms with Crippen LogP contribution in [0.4, 0.5) is 5.82 Å². The first-order chi connectivity index (χ1) is 9.74. The van der Waals surface area contributed by atoms with Crippen molar-refractivity contribution in [3.8, 4) is 0 Å². The number of nitrogens with two attached hydrogens (primary N) is 1. The summed E-state index contributed by atoms with van der Waals surface area (Å²) in [6, 6.07) is 10.1. The highest BCUT2D eigenvalue weighted by atomic mass is 16.3. The summed E-state index contributed by atoms with van der Waals surface area (Å²) in [4.78, 5) is 6.55. The van der Waals surface area contributed by atoms with Gasteiger partial charge in [-0.2, -0.15) is 0 Å². The van der Waals surface area contributed by atoms with Crippen LogP contribution in [0.25, 0.3) is 0 Å². The predicted molar refractivity (Wildman–Crippen MR) is 78.8 cm³/mol. The van der Waals surface area contributed by atoms with Gasteiger partial charge in [-0.3, -0.25) is 4.90 Å². The molecule has 0 saturated carbocycles. The number of fused-ring (bicyclic) bond motifs is 1. The van der Waals surface area contributed by atoms with Gasteiger partial charge < -0.3 is 10.8 Å². The van der Waals surface area contributed by atoms with Crippen LogP contribution in [0.3, 0.4) is 0 Å². The lowest BCUT2D eigenvalue weighted by atomic mass is 9.97. The molecule has 0 atom stereocenters. The largest absolute Gasteiger partial charge is 0.392 e. The molecule has 1 aromatic heterocycles. The molecule has 0 bridgehead atoms. The van der Waals surface area contributed by atoms with Gasteiger partial charge in [-0.15, -0.1) is 0 Å². The first kappa shape index (κ1) is 13.1. The molecule has 0 spiro atoms. The van der Waals surface area contributed by atoms with E-state index >= 15 is 0 Å². The number of anilines is 1. The summed E-state index contributed by atoms with van der Waals surface area (Å²) in [7, 11) is 0. The Hall–Kier alpha value is -1.91. The summed E-state index contributed by atoms with van der Waals surface area (Å²) >= 11 is 0. The SMILES string of the molecule is Nc1ccc(CN2CCc3cc(CO)ccc3C2)cn1. The molecule has 0 saturated heterocycles. The summed E-state index contributed by atoms with van der Waals surface area (Å²) < 4.78 is 0. The molecule has 1 aliphatic heterocycles. The second-order valence-corrected chi connectivity index (χ2v) is 5.31. The lowest BCUT2D eigenvalue weighted by Crippen LogP contribution is -2.30. The molecule has 4 heteroatoms. The Morgan fingerprint density at radius 3 is 2.75 bits per heavy atom. The number of rotatable bonds is 3. The van der Waals surface area contributed by atoms with E-state index in [0.717, 1.165) is 31.6 Å². The second-order valence-electron chi connectivity index (χ2n) is 5.31. The van der Waals surface area contributed by atoms with Gasteiger partial charge in [0.2, 0.25) is 0 Å². The summed E-state index contributed by atoms with van der Waals surface area (Å²) in [6.45, 7) is 3.00. The van der Waals surface area contributed by atoms with Crippen molar-refractivity contribution in [1.82, 2.24) is 9.88 Å². The van der Waals surface area contributed by atoms with Crippen molar-refractivity contribution < 1.29 is 5.11 Å². The number of nitrogen functional groups attached to an aromatic ring is 1. The van der Waals surface area contributed by atoms with Gasteiger partial charge in [0.1, 0.15) is 5.82 Å². The summed E-state index contributed by atoms with van der Waals surface area (Å²) in [5.41, 5.74) is 10.5. The van der Waals surface area contributed by atoms with Crippen molar-refractivity contribution in [2.45, 2.75) is 26.1 Å². The molecule has 2 aromatic rings. The van der Waals surface area contributed by atoms with Crippen molar-refractivity contribution in [3.63, 3.8) is 0 Å². The first-order valence-electron chi connectivity index (χ1n) is 6.89. The van der Waals surface area contributed by atoms with Crippen LogP contribution in [0.1, 0.15) is 22.3 Å². The fourth-order valence-corrected chi connectivity index (χ4v) is 2.69.